The standard InChI is InChI=1S/C12H16N4O2S/c1-9-5-10(14-7-11-6-13-8-15-11)3-4-12(9)16-19(2,17)18/h3-6,8,14,16H,7H2,1-2H3,(H,13,15). The SMILES string of the molecule is Cc1cc(NCc2cnc[nH]2)ccc1NS(C)(=O)=O. The molecule has 1 heterocycles. The number of aromatic amines is 1. The fourth-order valence-corrected chi connectivity index (χ4v) is 2.30. The Morgan fingerprint density at radius 1 is 1.37 bits per heavy atom. The van der Waals surface area contributed by atoms with E-state index < -0.39 is 10.0 Å². The Labute approximate surface area is 112 Å². The Bertz CT molecular complexity index is 650. The van der Waals surface area contributed by atoms with Crippen molar-refractivity contribution in [2.45, 2.75) is 13.5 Å². The first-order chi connectivity index (χ1) is 8.94. The summed E-state index contributed by atoms with van der Waals surface area (Å²) in [6.07, 6.45) is 4.51. The Balaban J connectivity index is 2.06. The van der Waals surface area contributed by atoms with Crippen molar-refractivity contribution in [1.29, 1.82) is 0 Å². The molecule has 0 amide bonds. The normalized spacial score (nSPS) is 11.3. The molecule has 2 rings (SSSR count). The summed E-state index contributed by atoms with van der Waals surface area (Å²) in [6, 6.07) is 5.46. The number of nitrogens with zero attached hydrogens (tertiary/aromatic N) is 1. The van der Waals surface area contributed by atoms with Gasteiger partial charge in [-0.1, -0.05) is 0 Å². The van der Waals surface area contributed by atoms with E-state index in [1.165, 1.54) is 0 Å². The third-order valence-corrected chi connectivity index (χ3v) is 3.15. The van der Waals surface area contributed by atoms with Crippen molar-refractivity contribution in [3.05, 3.63) is 42.0 Å². The van der Waals surface area contributed by atoms with Gasteiger partial charge in [0.1, 0.15) is 0 Å². The van der Waals surface area contributed by atoms with E-state index >= 15 is 0 Å². The third kappa shape index (κ3) is 3.99. The third-order valence-electron chi connectivity index (χ3n) is 2.56. The fourth-order valence-electron chi connectivity index (χ4n) is 1.67. The number of imidazole rings is 1. The zero-order valence-electron chi connectivity index (χ0n) is 10.8. The molecule has 3 N–H and O–H groups in total. The maximum atomic E-state index is 11.2. The second-order valence-corrected chi connectivity index (χ2v) is 6.08. The van der Waals surface area contributed by atoms with Crippen LogP contribution in [0.2, 0.25) is 0 Å². The van der Waals surface area contributed by atoms with E-state index in [2.05, 4.69) is 20.0 Å². The molecule has 6 nitrogen and oxygen atoms in total. The van der Waals surface area contributed by atoms with Crippen molar-refractivity contribution in [2.75, 3.05) is 16.3 Å². The van der Waals surface area contributed by atoms with Crippen LogP contribution < -0.4 is 10.0 Å². The van der Waals surface area contributed by atoms with Gasteiger partial charge in [0.05, 0.1) is 30.5 Å². The summed E-state index contributed by atoms with van der Waals surface area (Å²) in [4.78, 5) is 6.93. The van der Waals surface area contributed by atoms with Gasteiger partial charge in [0.15, 0.2) is 0 Å². The lowest BCUT2D eigenvalue weighted by molar-refractivity contribution is 0.607. The minimum Gasteiger partial charge on any atom is -0.379 e. The molecule has 2 aromatic rings. The van der Waals surface area contributed by atoms with E-state index in [1.807, 2.05) is 19.1 Å². The Morgan fingerprint density at radius 2 is 2.16 bits per heavy atom. The first kappa shape index (κ1) is 13.4. The minimum absolute atomic E-state index is 0.592. The molecule has 0 radical (unpaired) electrons. The average molecular weight is 280 g/mol. The summed E-state index contributed by atoms with van der Waals surface area (Å²) in [7, 11) is -3.24. The first-order valence-corrected chi connectivity index (χ1v) is 7.63. The lowest BCUT2D eigenvalue weighted by atomic mass is 10.2. The molecule has 1 aromatic carbocycles. The Hall–Kier alpha value is -2.02. The molecule has 0 saturated carbocycles. The second kappa shape index (κ2) is 5.31. The number of benzene rings is 1. The van der Waals surface area contributed by atoms with Crippen molar-refractivity contribution < 1.29 is 8.42 Å². The van der Waals surface area contributed by atoms with Crippen LogP contribution in [0.3, 0.4) is 0 Å². The highest BCUT2D eigenvalue weighted by Crippen LogP contribution is 2.20. The van der Waals surface area contributed by atoms with Gasteiger partial charge >= 0.3 is 0 Å². The van der Waals surface area contributed by atoms with Crippen LogP contribution in [0.15, 0.2) is 30.7 Å². The van der Waals surface area contributed by atoms with Gasteiger partial charge in [-0.15, -0.1) is 0 Å². The van der Waals surface area contributed by atoms with E-state index in [1.54, 1.807) is 18.6 Å². The molecule has 0 spiro atoms. The largest absolute Gasteiger partial charge is 0.379 e. The Morgan fingerprint density at radius 3 is 2.74 bits per heavy atom. The van der Waals surface area contributed by atoms with E-state index in [4.69, 9.17) is 0 Å². The number of aryl methyl sites for hydroxylation is 1. The van der Waals surface area contributed by atoms with Gasteiger partial charge in [-0.2, -0.15) is 0 Å². The van der Waals surface area contributed by atoms with Crippen LogP contribution in [0.4, 0.5) is 11.4 Å². The molecule has 19 heavy (non-hydrogen) atoms. The van der Waals surface area contributed by atoms with Crippen LogP contribution in [-0.4, -0.2) is 24.6 Å². The molecule has 0 bridgehead atoms. The number of hydrogen-bond acceptors (Lipinski definition) is 4. The highest BCUT2D eigenvalue weighted by molar-refractivity contribution is 7.92. The van der Waals surface area contributed by atoms with Crippen molar-refractivity contribution in [3.63, 3.8) is 0 Å². The zero-order valence-corrected chi connectivity index (χ0v) is 11.6. The van der Waals surface area contributed by atoms with Crippen molar-refractivity contribution in [3.8, 4) is 0 Å². The number of H-pyrrole nitrogens is 1. The minimum atomic E-state index is -3.24. The molecule has 102 valence electrons. The van der Waals surface area contributed by atoms with Crippen LogP contribution in [0.25, 0.3) is 0 Å². The number of aromatic nitrogens is 2. The summed E-state index contributed by atoms with van der Waals surface area (Å²) < 4.78 is 24.8. The molecule has 0 unspecified atom stereocenters. The van der Waals surface area contributed by atoms with Crippen LogP contribution in [0.1, 0.15) is 11.3 Å². The molecule has 0 fully saturated rings. The predicted molar refractivity (Wildman–Crippen MR) is 75.6 cm³/mol. The summed E-state index contributed by atoms with van der Waals surface area (Å²) in [5.41, 5.74) is 3.36. The molecule has 0 saturated heterocycles. The molecular weight excluding hydrogens is 264 g/mol. The van der Waals surface area contributed by atoms with Crippen molar-refractivity contribution in [2.24, 2.45) is 0 Å². The average Bonchev–Trinajstić information content (AvgIpc) is 2.81. The van der Waals surface area contributed by atoms with Gasteiger partial charge in [-0.25, -0.2) is 13.4 Å². The lowest BCUT2D eigenvalue weighted by Gasteiger charge is -2.10. The van der Waals surface area contributed by atoms with Gasteiger partial charge in [0.2, 0.25) is 10.0 Å². The number of sulfonamides is 1. The van der Waals surface area contributed by atoms with Gasteiger partial charge in [-0.05, 0) is 30.7 Å². The fraction of sp³-hybridized carbons (Fsp3) is 0.250. The molecular formula is C12H16N4O2S. The van der Waals surface area contributed by atoms with Crippen molar-refractivity contribution >= 4 is 21.4 Å². The van der Waals surface area contributed by atoms with E-state index in [-0.39, 0.29) is 0 Å². The second-order valence-electron chi connectivity index (χ2n) is 4.33. The molecule has 0 atom stereocenters. The highest BCUT2D eigenvalue weighted by atomic mass is 32.2. The number of hydrogen-bond donors (Lipinski definition) is 3. The maximum Gasteiger partial charge on any atom is 0.229 e. The highest BCUT2D eigenvalue weighted by Gasteiger charge is 2.05. The van der Waals surface area contributed by atoms with Gasteiger partial charge in [0, 0.05) is 11.9 Å². The number of rotatable bonds is 5. The molecule has 0 aliphatic carbocycles. The summed E-state index contributed by atoms with van der Waals surface area (Å²) in [5.74, 6) is 0. The number of anilines is 2. The number of nitrogens with one attached hydrogen (secondary N) is 3. The maximum absolute atomic E-state index is 11.2. The van der Waals surface area contributed by atoms with Crippen LogP contribution in [0.5, 0.6) is 0 Å². The van der Waals surface area contributed by atoms with E-state index in [0.29, 0.717) is 12.2 Å². The van der Waals surface area contributed by atoms with Crippen LogP contribution in [0, 0.1) is 6.92 Å². The monoisotopic (exact) mass is 280 g/mol. The zero-order chi connectivity index (χ0) is 13.9. The van der Waals surface area contributed by atoms with Crippen LogP contribution >= 0.6 is 0 Å². The van der Waals surface area contributed by atoms with E-state index in [9.17, 15) is 8.42 Å². The van der Waals surface area contributed by atoms with E-state index in [0.717, 1.165) is 23.2 Å². The van der Waals surface area contributed by atoms with Crippen LogP contribution in [-0.2, 0) is 16.6 Å². The van der Waals surface area contributed by atoms with Crippen molar-refractivity contribution in [1.82, 2.24) is 9.97 Å². The lowest BCUT2D eigenvalue weighted by Crippen LogP contribution is -2.10. The van der Waals surface area contributed by atoms with Gasteiger partial charge in [0.25, 0.3) is 0 Å². The molecule has 0 aliphatic heterocycles. The first-order valence-electron chi connectivity index (χ1n) is 5.73. The topological polar surface area (TPSA) is 86.9 Å². The van der Waals surface area contributed by atoms with Gasteiger partial charge < -0.3 is 10.3 Å². The molecule has 1 aromatic heterocycles. The summed E-state index contributed by atoms with van der Waals surface area (Å²) in [5, 5.41) is 3.23. The summed E-state index contributed by atoms with van der Waals surface area (Å²) >= 11 is 0. The Kier molecular flexibility index (Phi) is 3.75. The molecule has 0 aliphatic rings. The quantitative estimate of drug-likeness (QED) is 0.778. The summed E-state index contributed by atoms with van der Waals surface area (Å²) in [6.45, 7) is 2.49. The van der Waals surface area contributed by atoms with Gasteiger partial charge in [-0.3, -0.25) is 4.72 Å². The predicted octanol–water partition coefficient (Wildman–Crippen LogP) is 1.70. The molecule has 7 heteroatoms. The smallest absolute Gasteiger partial charge is 0.229 e.